The topological polar surface area (TPSA) is 58.8 Å². The minimum Gasteiger partial charge on any atom is -0.492 e. The van der Waals surface area contributed by atoms with Gasteiger partial charge in [0.2, 0.25) is 5.91 Å². The summed E-state index contributed by atoms with van der Waals surface area (Å²) in [6, 6.07) is 7.85. The molecule has 0 radical (unpaired) electrons. The normalized spacial score (nSPS) is 18.7. The molecular weight excluding hydrogens is 266 g/mol. The molecule has 1 aliphatic rings. The Morgan fingerprint density at radius 2 is 2.29 bits per heavy atom. The van der Waals surface area contributed by atoms with Crippen molar-refractivity contribution in [2.75, 3.05) is 33.8 Å². The number of likely N-dealkylation sites (tertiary alicyclic amines) is 1. The monoisotopic (exact) mass is 291 g/mol. The second-order valence-electron chi connectivity index (χ2n) is 5.63. The van der Waals surface area contributed by atoms with Gasteiger partial charge in [0.15, 0.2) is 0 Å². The maximum atomic E-state index is 12.1. The first-order chi connectivity index (χ1) is 10.1. The van der Waals surface area contributed by atoms with Crippen LogP contribution < -0.4 is 10.5 Å². The fraction of sp³-hybridized carbons (Fsp3) is 0.562. The van der Waals surface area contributed by atoms with E-state index in [1.165, 1.54) is 0 Å². The maximum Gasteiger partial charge on any atom is 0.239 e. The average molecular weight is 291 g/mol. The van der Waals surface area contributed by atoms with Crippen molar-refractivity contribution in [2.45, 2.75) is 25.4 Å². The number of carbonyl (C=O) groups is 1. The average Bonchev–Trinajstić information content (AvgIpc) is 2.95. The molecule has 1 aromatic rings. The van der Waals surface area contributed by atoms with Gasteiger partial charge in [-0.3, -0.25) is 9.69 Å². The van der Waals surface area contributed by atoms with E-state index in [4.69, 9.17) is 10.5 Å². The summed E-state index contributed by atoms with van der Waals surface area (Å²) in [7, 11) is 3.63. The number of nitrogens with zero attached hydrogens (tertiary/aromatic N) is 2. The van der Waals surface area contributed by atoms with Gasteiger partial charge in [-0.15, -0.1) is 0 Å². The van der Waals surface area contributed by atoms with E-state index in [0.717, 1.165) is 37.2 Å². The van der Waals surface area contributed by atoms with Crippen LogP contribution in [0, 0.1) is 0 Å². The quantitative estimate of drug-likeness (QED) is 0.852. The van der Waals surface area contributed by atoms with Gasteiger partial charge >= 0.3 is 0 Å². The third kappa shape index (κ3) is 4.19. The Hall–Kier alpha value is -1.59. The van der Waals surface area contributed by atoms with Crippen LogP contribution in [0.25, 0.3) is 0 Å². The molecule has 5 nitrogen and oxygen atoms in total. The second-order valence-corrected chi connectivity index (χ2v) is 5.63. The molecule has 1 atom stereocenters. The van der Waals surface area contributed by atoms with Crippen LogP contribution in [0.4, 0.5) is 0 Å². The number of amides is 1. The molecule has 1 amide bonds. The van der Waals surface area contributed by atoms with Gasteiger partial charge in [-0.05, 0) is 37.1 Å². The van der Waals surface area contributed by atoms with Crippen molar-refractivity contribution in [2.24, 2.45) is 5.73 Å². The molecule has 1 fully saturated rings. The third-order valence-electron chi connectivity index (χ3n) is 3.87. The molecule has 5 heteroatoms. The maximum absolute atomic E-state index is 12.1. The van der Waals surface area contributed by atoms with E-state index < -0.39 is 0 Å². The zero-order valence-electron chi connectivity index (χ0n) is 12.9. The van der Waals surface area contributed by atoms with E-state index >= 15 is 0 Å². The first-order valence-electron chi connectivity index (χ1n) is 7.49. The Morgan fingerprint density at radius 3 is 3.00 bits per heavy atom. The molecule has 0 spiro atoms. The highest BCUT2D eigenvalue weighted by Gasteiger charge is 2.31. The van der Waals surface area contributed by atoms with Crippen LogP contribution >= 0.6 is 0 Å². The third-order valence-corrected chi connectivity index (χ3v) is 3.87. The zero-order valence-corrected chi connectivity index (χ0v) is 12.9. The van der Waals surface area contributed by atoms with Crippen molar-refractivity contribution < 1.29 is 9.53 Å². The fourth-order valence-electron chi connectivity index (χ4n) is 2.71. The molecule has 2 rings (SSSR count). The van der Waals surface area contributed by atoms with Crippen molar-refractivity contribution in [1.82, 2.24) is 9.80 Å². The lowest BCUT2D eigenvalue weighted by Crippen LogP contribution is -2.44. The van der Waals surface area contributed by atoms with Gasteiger partial charge in [0.1, 0.15) is 12.4 Å². The minimum atomic E-state index is 0.0129. The molecule has 1 unspecified atom stereocenters. The predicted octanol–water partition coefficient (Wildman–Crippen LogP) is 1.08. The van der Waals surface area contributed by atoms with Crippen molar-refractivity contribution in [3.05, 3.63) is 29.8 Å². The van der Waals surface area contributed by atoms with Crippen LogP contribution in [0.3, 0.4) is 0 Å². The number of nitrogens with two attached hydrogens (primary N) is 1. The SMILES string of the molecule is CN(C)C(=O)C1CCCN1CCOc1cccc(CN)c1. The highest BCUT2D eigenvalue weighted by molar-refractivity contribution is 5.81. The molecule has 1 aromatic carbocycles. The molecule has 0 aromatic heterocycles. The number of benzene rings is 1. The number of likely N-dealkylation sites (N-methyl/N-ethyl adjacent to an activating group) is 1. The summed E-state index contributed by atoms with van der Waals surface area (Å²) in [6.45, 7) is 2.85. The Bertz CT molecular complexity index is 476. The van der Waals surface area contributed by atoms with E-state index in [0.29, 0.717) is 13.2 Å². The fourth-order valence-corrected chi connectivity index (χ4v) is 2.71. The Labute approximate surface area is 126 Å². The van der Waals surface area contributed by atoms with Gasteiger partial charge in [-0.2, -0.15) is 0 Å². The van der Waals surface area contributed by atoms with Crippen molar-refractivity contribution >= 4 is 5.91 Å². The van der Waals surface area contributed by atoms with E-state index in [1.807, 2.05) is 38.4 Å². The molecule has 1 saturated heterocycles. The second kappa shape index (κ2) is 7.43. The first kappa shape index (κ1) is 15.8. The Kier molecular flexibility index (Phi) is 5.59. The molecule has 116 valence electrons. The van der Waals surface area contributed by atoms with Crippen LogP contribution in [0.1, 0.15) is 18.4 Å². The number of ether oxygens (including phenoxy) is 1. The van der Waals surface area contributed by atoms with Crippen LogP contribution in [0.5, 0.6) is 5.75 Å². The number of hydrogen-bond donors (Lipinski definition) is 1. The van der Waals surface area contributed by atoms with Gasteiger partial charge in [0.25, 0.3) is 0 Å². The van der Waals surface area contributed by atoms with Crippen LogP contribution in [-0.2, 0) is 11.3 Å². The smallest absolute Gasteiger partial charge is 0.239 e. The van der Waals surface area contributed by atoms with Gasteiger partial charge in [0, 0.05) is 27.2 Å². The highest BCUT2D eigenvalue weighted by Crippen LogP contribution is 2.19. The molecule has 2 N–H and O–H groups in total. The van der Waals surface area contributed by atoms with Crippen molar-refractivity contribution in [1.29, 1.82) is 0 Å². The minimum absolute atomic E-state index is 0.0129. The predicted molar refractivity (Wildman–Crippen MR) is 83.1 cm³/mol. The van der Waals surface area contributed by atoms with E-state index in [2.05, 4.69) is 4.90 Å². The standard InChI is InChI=1S/C16H25N3O2/c1-18(2)16(20)15-7-4-8-19(15)9-10-21-14-6-3-5-13(11-14)12-17/h3,5-6,11,15H,4,7-10,12,17H2,1-2H3. The molecule has 0 saturated carbocycles. The van der Waals surface area contributed by atoms with E-state index in [-0.39, 0.29) is 11.9 Å². The van der Waals surface area contributed by atoms with Crippen molar-refractivity contribution in [3.63, 3.8) is 0 Å². The summed E-state index contributed by atoms with van der Waals surface area (Å²) >= 11 is 0. The summed E-state index contributed by atoms with van der Waals surface area (Å²) in [5, 5.41) is 0. The lowest BCUT2D eigenvalue weighted by atomic mass is 10.2. The lowest BCUT2D eigenvalue weighted by molar-refractivity contribution is -0.133. The van der Waals surface area contributed by atoms with Crippen LogP contribution in [-0.4, -0.2) is 55.5 Å². The largest absolute Gasteiger partial charge is 0.492 e. The summed E-state index contributed by atoms with van der Waals surface area (Å²) in [4.78, 5) is 16.0. The summed E-state index contributed by atoms with van der Waals surface area (Å²) in [5.74, 6) is 1.03. The molecule has 1 heterocycles. The Balaban J connectivity index is 1.83. The highest BCUT2D eigenvalue weighted by atomic mass is 16.5. The van der Waals surface area contributed by atoms with E-state index in [9.17, 15) is 4.79 Å². The molecule has 1 aliphatic heterocycles. The van der Waals surface area contributed by atoms with E-state index in [1.54, 1.807) is 4.90 Å². The van der Waals surface area contributed by atoms with Crippen molar-refractivity contribution in [3.8, 4) is 5.75 Å². The van der Waals surface area contributed by atoms with Gasteiger partial charge in [-0.25, -0.2) is 0 Å². The van der Waals surface area contributed by atoms with Crippen LogP contribution in [0.15, 0.2) is 24.3 Å². The molecule has 0 bridgehead atoms. The lowest BCUT2D eigenvalue weighted by Gasteiger charge is -2.25. The zero-order chi connectivity index (χ0) is 15.2. The van der Waals surface area contributed by atoms with Gasteiger partial charge in [-0.1, -0.05) is 12.1 Å². The Morgan fingerprint density at radius 1 is 1.48 bits per heavy atom. The molecular formula is C16H25N3O2. The molecule has 21 heavy (non-hydrogen) atoms. The molecule has 0 aliphatic carbocycles. The van der Waals surface area contributed by atoms with Crippen LogP contribution in [0.2, 0.25) is 0 Å². The summed E-state index contributed by atoms with van der Waals surface area (Å²) in [5.41, 5.74) is 6.69. The van der Waals surface area contributed by atoms with Gasteiger partial charge in [0.05, 0.1) is 6.04 Å². The summed E-state index contributed by atoms with van der Waals surface area (Å²) < 4.78 is 5.78. The number of carbonyl (C=O) groups excluding carboxylic acids is 1. The van der Waals surface area contributed by atoms with Gasteiger partial charge < -0.3 is 15.4 Å². The number of hydrogen-bond acceptors (Lipinski definition) is 4. The summed E-state index contributed by atoms with van der Waals surface area (Å²) in [6.07, 6.45) is 2.02. The first-order valence-corrected chi connectivity index (χ1v) is 7.49. The number of rotatable bonds is 6.